The lowest BCUT2D eigenvalue weighted by Gasteiger charge is -2.36. The molecule has 2 heterocycles. The van der Waals surface area contributed by atoms with Crippen LogP contribution in [0.3, 0.4) is 0 Å². The van der Waals surface area contributed by atoms with Gasteiger partial charge >= 0.3 is 0 Å². The lowest BCUT2D eigenvalue weighted by atomic mass is 9.94. The minimum absolute atomic E-state index is 0.0294. The van der Waals surface area contributed by atoms with Crippen LogP contribution >= 0.6 is 0 Å². The smallest absolute Gasteiger partial charge is 0.213 e. The van der Waals surface area contributed by atoms with Crippen LogP contribution in [0, 0.1) is 6.92 Å². The summed E-state index contributed by atoms with van der Waals surface area (Å²) in [5, 5.41) is 6.67. The van der Waals surface area contributed by atoms with Crippen molar-refractivity contribution in [2.24, 2.45) is 4.99 Å². The van der Waals surface area contributed by atoms with E-state index in [1.165, 1.54) is 17.7 Å². The standard InChI is InChI=1S/C25H40N6O/c1-20-9-8-10-21(17-20)31-15-13-30(14-16-31)12-7-6-11-27-24(26-5)29-19-23-28-18-22(32-23)25(2,3)4/h8-10,17-18H,6-7,11-16,19H2,1-5H3,(H2,26,27,29). The highest BCUT2D eigenvalue weighted by Gasteiger charge is 2.19. The van der Waals surface area contributed by atoms with Crippen molar-refractivity contribution in [1.29, 1.82) is 0 Å². The normalized spacial score (nSPS) is 15.8. The third kappa shape index (κ3) is 7.26. The predicted molar refractivity (Wildman–Crippen MR) is 132 cm³/mol. The van der Waals surface area contributed by atoms with Gasteiger partial charge in [-0.3, -0.25) is 9.89 Å². The Bertz CT molecular complexity index is 861. The molecule has 32 heavy (non-hydrogen) atoms. The second kappa shape index (κ2) is 11.4. The van der Waals surface area contributed by atoms with E-state index in [0.29, 0.717) is 12.4 Å². The molecule has 0 spiro atoms. The molecular weight excluding hydrogens is 400 g/mol. The highest BCUT2D eigenvalue weighted by Crippen LogP contribution is 2.22. The third-order valence-electron chi connectivity index (χ3n) is 5.86. The van der Waals surface area contributed by atoms with Crippen LogP contribution in [0.5, 0.6) is 0 Å². The molecule has 1 fully saturated rings. The maximum atomic E-state index is 5.83. The van der Waals surface area contributed by atoms with Gasteiger partial charge in [-0.2, -0.15) is 0 Å². The first-order chi connectivity index (χ1) is 15.3. The van der Waals surface area contributed by atoms with E-state index in [1.54, 1.807) is 7.05 Å². The van der Waals surface area contributed by atoms with Gasteiger partial charge in [0, 0.05) is 50.9 Å². The van der Waals surface area contributed by atoms with Gasteiger partial charge in [-0.15, -0.1) is 0 Å². The molecule has 0 amide bonds. The fourth-order valence-electron chi connectivity index (χ4n) is 3.84. The van der Waals surface area contributed by atoms with E-state index in [4.69, 9.17) is 4.42 Å². The average molecular weight is 441 g/mol. The van der Waals surface area contributed by atoms with Gasteiger partial charge in [-0.05, 0) is 44.0 Å². The molecule has 1 aromatic carbocycles. The van der Waals surface area contributed by atoms with Gasteiger partial charge in [0.15, 0.2) is 5.96 Å². The van der Waals surface area contributed by atoms with Crippen LogP contribution in [0.1, 0.15) is 50.8 Å². The van der Waals surface area contributed by atoms with Crippen LogP contribution in [0.4, 0.5) is 5.69 Å². The van der Waals surface area contributed by atoms with Crippen LogP contribution in [-0.4, -0.2) is 62.2 Å². The van der Waals surface area contributed by atoms with Gasteiger partial charge in [-0.25, -0.2) is 4.98 Å². The number of guanidine groups is 1. The largest absolute Gasteiger partial charge is 0.443 e. The Morgan fingerprint density at radius 1 is 1.12 bits per heavy atom. The molecule has 0 unspecified atom stereocenters. The summed E-state index contributed by atoms with van der Waals surface area (Å²) in [6.45, 7) is 15.6. The minimum Gasteiger partial charge on any atom is -0.443 e. The second-order valence-electron chi connectivity index (χ2n) is 9.60. The predicted octanol–water partition coefficient (Wildman–Crippen LogP) is 3.55. The Morgan fingerprint density at radius 2 is 1.91 bits per heavy atom. The van der Waals surface area contributed by atoms with E-state index in [9.17, 15) is 0 Å². The Balaban J connectivity index is 1.28. The molecule has 0 radical (unpaired) electrons. The maximum Gasteiger partial charge on any atom is 0.213 e. The summed E-state index contributed by atoms with van der Waals surface area (Å²) in [4.78, 5) is 13.7. The van der Waals surface area contributed by atoms with Crippen molar-refractivity contribution < 1.29 is 4.42 Å². The molecule has 2 aromatic rings. The monoisotopic (exact) mass is 440 g/mol. The van der Waals surface area contributed by atoms with E-state index in [1.807, 2.05) is 6.20 Å². The fourth-order valence-corrected chi connectivity index (χ4v) is 3.84. The Morgan fingerprint density at radius 3 is 2.56 bits per heavy atom. The molecule has 1 saturated heterocycles. The lowest BCUT2D eigenvalue weighted by molar-refractivity contribution is 0.253. The second-order valence-corrected chi connectivity index (χ2v) is 9.60. The van der Waals surface area contributed by atoms with Crippen molar-refractivity contribution in [3.63, 3.8) is 0 Å². The van der Waals surface area contributed by atoms with Gasteiger partial charge < -0.3 is 20.0 Å². The summed E-state index contributed by atoms with van der Waals surface area (Å²) in [7, 11) is 1.79. The fraction of sp³-hybridized carbons (Fsp3) is 0.600. The van der Waals surface area contributed by atoms with E-state index >= 15 is 0 Å². The molecule has 1 aliphatic rings. The van der Waals surface area contributed by atoms with Crippen LogP contribution in [0.2, 0.25) is 0 Å². The van der Waals surface area contributed by atoms with Gasteiger partial charge in [0.25, 0.3) is 0 Å². The van der Waals surface area contributed by atoms with E-state index in [-0.39, 0.29) is 5.41 Å². The summed E-state index contributed by atoms with van der Waals surface area (Å²) in [6.07, 6.45) is 4.11. The molecule has 0 aliphatic carbocycles. The molecule has 2 N–H and O–H groups in total. The zero-order valence-electron chi connectivity index (χ0n) is 20.4. The number of nitrogens with zero attached hydrogens (tertiary/aromatic N) is 4. The Kier molecular flexibility index (Phi) is 8.56. The lowest BCUT2D eigenvalue weighted by Crippen LogP contribution is -2.46. The Labute approximate surface area is 193 Å². The summed E-state index contributed by atoms with van der Waals surface area (Å²) in [5.41, 5.74) is 2.65. The Hall–Kier alpha value is -2.54. The quantitative estimate of drug-likeness (QED) is 0.372. The number of anilines is 1. The minimum atomic E-state index is -0.0294. The van der Waals surface area contributed by atoms with Gasteiger partial charge in [0.05, 0.1) is 12.7 Å². The number of hydrogen-bond donors (Lipinski definition) is 2. The van der Waals surface area contributed by atoms with Crippen LogP contribution < -0.4 is 15.5 Å². The number of aryl methyl sites for hydroxylation is 1. The highest BCUT2D eigenvalue weighted by atomic mass is 16.4. The molecule has 7 heteroatoms. The zero-order chi connectivity index (χ0) is 23.0. The molecule has 0 bridgehead atoms. The topological polar surface area (TPSA) is 68.9 Å². The first-order valence-electron chi connectivity index (χ1n) is 11.8. The van der Waals surface area contributed by atoms with E-state index in [2.05, 4.69) is 82.4 Å². The van der Waals surface area contributed by atoms with Gasteiger partial charge in [0.1, 0.15) is 5.76 Å². The molecule has 1 aromatic heterocycles. The van der Waals surface area contributed by atoms with E-state index < -0.39 is 0 Å². The van der Waals surface area contributed by atoms with Crippen molar-refractivity contribution in [2.75, 3.05) is 51.2 Å². The van der Waals surface area contributed by atoms with Crippen LogP contribution in [-0.2, 0) is 12.0 Å². The number of benzene rings is 1. The zero-order valence-corrected chi connectivity index (χ0v) is 20.4. The van der Waals surface area contributed by atoms with Crippen molar-refractivity contribution in [3.05, 3.63) is 47.7 Å². The highest BCUT2D eigenvalue weighted by molar-refractivity contribution is 5.79. The summed E-state index contributed by atoms with van der Waals surface area (Å²) in [5.74, 6) is 2.37. The van der Waals surface area contributed by atoms with Crippen molar-refractivity contribution >= 4 is 11.6 Å². The maximum absolute atomic E-state index is 5.83. The van der Waals surface area contributed by atoms with Gasteiger partial charge in [-0.1, -0.05) is 32.9 Å². The van der Waals surface area contributed by atoms with Crippen LogP contribution in [0.15, 0.2) is 39.9 Å². The number of oxazole rings is 1. The first kappa shape index (κ1) is 24.1. The SMILES string of the molecule is CN=C(NCCCCN1CCN(c2cccc(C)c2)CC1)NCc1ncc(C(C)(C)C)o1. The number of aromatic nitrogens is 1. The molecule has 0 atom stereocenters. The van der Waals surface area contributed by atoms with Crippen molar-refractivity contribution in [3.8, 4) is 0 Å². The number of hydrogen-bond acceptors (Lipinski definition) is 5. The third-order valence-corrected chi connectivity index (χ3v) is 5.86. The van der Waals surface area contributed by atoms with Crippen molar-refractivity contribution in [2.45, 2.75) is 52.5 Å². The number of rotatable bonds is 8. The number of piperazine rings is 1. The molecule has 1 aliphatic heterocycles. The van der Waals surface area contributed by atoms with Crippen LogP contribution in [0.25, 0.3) is 0 Å². The first-order valence-corrected chi connectivity index (χ1v) is 11.8. The number of unbranched alkanes of at least 4 members (excludes halogenated alkanes) is 1. The molecular formula is C25H40N6O. The molecule has 7 nitrogen and oxygen atoms in total. The summed E-state index contributed by atoms with van der Waals surface area (Å²) in [6, 6.07) is 8.82. The molecule has 176 valence electrons. The molecule has 3 rings (SSSR count). The van der Waals surface area contributed by atoms with Crippen molar-refractivity contribution in [1.82, 2.24) is 20.5 Å². The summed E-state index contributed by atoms with van der Waals surface area (Å²) >= 11 is 0. The average Bonchev–Trinajstić information content (AvgIpc) is 3.26. The molecule has 0 saturated carbocycles. The van der Waals surface area contributed by atoms with Gasteiger partial charge in [0.2, 0.25) is 5.89 Å². The van der Waals surface area contributed by atoms with E-state index in [0.717, 1.165) is 57.4 Å². The summed E-state index contributed by atoms with van der Waals surface area (Å²) < 4.78 is 5.83. The number of aliphatic imine (C=N–C) groups is 1. The number of nitrogens with one attached hydrogen (secondary N) is 2.